The van der Waals surface area contributed by atoms with Gasteiger partial charge in [0, 0.05) is 22.8 Å². The average Bonchev–Trinajstić information content (AvgIpc) is 3.43. The number of nitrogens with one attached hydrogen (secondary N) is 1. The molecule has 2 aromatic heterocycles. The van der Waals surface area contributed by atoms with Gasteiger partial charge in [-0.1, -0.05) is 50.3 Å². The highest BCUT2D eigenvalue weighted by atomic mass is 32.1. The minimum absolute atomic E-state index is 0.0148. The molecule has 1 unspecified atom stereocenters. The summed E-state index contributed by atoms with van der Waals surface area (Å²) in [6.07, 6.45) is 5.77. The van der Waals surface area contributed by atoms with Gasteiger partial charge in [-0.05, 0) is 43.2 Å². The molecule has 198 valence electrons. The second-order valence-corrected chi connectivity index (χ2v) is 11.4. The number of aliphatic hydroxyl groups is 2. The molecule has 5 rings (SSSR count). The van der Waals surface area contributed by atoms with Crippen molar-refractivity contribution in [3.63, 3.8) is 0 Å². The number of hydrogen-bond donors (Lipinski definition) is 4. The minimum atomic E-state index is -1.12. The minimum Gasteiger partial charge on any atom is -0.390 e. The van der Waals surface area contributed by atoms with E-state index < -0.39 is 30.1 Å². The maximum atomic E-state index is 14.2. The molecule has 37 heavy (non-hydrogen) atoms. The van der Waals surface area contributed by atoms with Crippen molar-refractivity contribution in [3.05, 3.63) is 52.6 Å². The maximum Gasteiger partial charge on any atom is 0.270 e. The van der Waals surface area contributed by atoms with Crippen LogP contribution in [0.2, 0.25) is 0 Å². The zero-order valence-corrected chi connectivity index (χ0v) is 21.8. The van der Waals surface area contributed by atoms with Crippen molar-refractivity contribution in [2.75, 3.05) is 6.54 Å². The number of benzene rings is 1. The Hall–Kier alpha value is -2.75. The Balaban J connectivity index is 1.53. The van der Waals surface area contributed by atoms with Gasteiger partial charge in [0.05, 0.1) is 29.3 Å². The highest BCUT2D eigenvalue weighted by Crippen LogP contribution is 2.38. The molecule has 3 aromatic rings. The van der Waals surface area contributed by atoms with E-state index in [0.717, 1.165) is 49.4 Å². The summed E-state index contributed by atoms with van der Waals surface area (Å²) in [7, 11) is 0. The monoisotopic (exact) mass is 524 g/mol. The number of carbonyl (C=O) groups excluding carboxylic acids is 2. The van der Waals surface area contributed by atoms with E-state index in [1.54, 1.807) is 21.9 Å². The van der Waals surface area contributed by atoms with E-state index in [1.165, 1.54) is 17.8 Å². The van der Waals surface area contributed by atoms with Crippen LogP contribution in [0.4, 0.5) is 0 Å². The Morgan fingerprint density at radius 3 is 2.54 bits per heavy atom. The number of aromatic nitrogens is 2. The standard InChI is InChI=1S/C28H36N4O4S/c29-27(35)20(23-15-37-16-30-23)14-32(28(36)22-13-19-8-4-5-9-21(19)31-22)24(12-17-6-2-1-3-7-17)26(34)25(33)18-10-11-18/h4-5,8-9,13,15-18,20,24-26,31,33-34H,1-3,6-7,10-12,14H2,(H2,29,35)/t20?,24-,25-,26+/m0/s1. The molecule has 2 amide bonds. The summed E-state index contributed by atoms with van der Waals surface area (Å²) in [5.41, 5.74) is 9.19. The van der Waals surface area contributed by atoms with E-state index in [2.05, 4.69) is 9.97 Å². The molecule has 0 radical (unpaired) electrons. The summed E-state index contributed by atoms with van der Waals surface area (Å²) >= 11 is 1.36. The van der Waals surface area contributed by atoms with Crippen LogP contribution in [-0.2, 0) is 4.79 Å². The van der Waals surface area contributed by atoms with Crippen molar-refractivity contribution >= 4 is 34.1 Å². The van der Waals surface area contributed by atoms with Gasteiger partial charge in [-0.2, -0.15) is 0 Å². The maximum absolute atomic E-state index is 14.2. The molecular weight excluding hydrogens is 488 g/mol. The van der Waals surface area contributed by atoms with Crippen LogP contribution in [-0.4, -0.2) is 61.7 Å². The third kappa shape index (κ3) is 5.89. The number of rotatable bonds is 11. The molecular formula is C28H36N4O4S. The van der Waals surface area contributed by atoms with E-state index in [-0.39, 0.29) is 18.4 Å². The summed E-state index contributed by atoms with van der Waals surface area (Å²) in [6, 6.07) is 8.79. The number of aliphatic hydroxyl groups excluding tert-OH is 2. The molecule has 0 aliphatic heterocycles. The first-order valence-corrected chi connectivity index (χ1v) is 14.3. The molecule has 5 N–H and O–H groups in total. The van der Waals surface area contributed by atoms with Crippen LogP contribution in [0.1, 0.15) is 73.5 Å². The van der Waals surface area contributed by atoms with Gasteiger partial charge in [-0.25, -0.2) is 4.98 Å². The molecule has 2 fully saturated rings. The summed E-state index contributed by atoms with van der Waals surface area (Å²) in [6.45, 7) is -0.0148. The third-order valence-corrected chi connectivity index (χ3v) is 8.71. The average molecular weight is 525 g/mol. The van der Waals surface area contributed by atoms with Gasteiger partial charge in [0.25, 0.3) is 5.91 Å². The Kier molecular flexibility index (Phi) is 7.92. The number of amides is 2. The summed E-state index contributed by atoms with van der Waals surface area (Å²) in [5.74, 6) is -1.34. The predicted octanol–water partition coefficient (Wildman–Crippen LogP) is 3.81. The second-order valence-electron chi connectivity index (χ2n) is 10.7. The van der Waals surface area contributed by atoms with Crippen LogP contribution >= 0.6 is 11.3 Å². The lowest BCUT2D eigenvalue weighted by atomic mass is 9.82. The number of nitrogens with zero attached hydrogens (tertiary/aromatic N) is 2. The fraction of sp³-hybridized carbons (Fsp3) is 0.536. The lowest BCUT2D eigenvalue weighted by molar-refractivity contribution is -0.120. The zero-order chi connectivity index (χ0) is 25.9. The van der Waals surface area contributed by atoms with Crippen LogP contribution in [0.5, 0.6) is 0 Å². The molecule has 0 saturated heterocycles. The van der Waals surface area contributed by atoms with Crippen LogP contribution < -0.4 is 5.73 Å². The van der Waals surface area contributed by atoms with Crippen molar-refractivity contribution in [1.29, 1.82) is 0 Å². The van der Waals surface area contributed by atoms with Gasteiger partial charge in [0.15, 0.2) is 0 Å². The quantitative estimate of drug-likeness (QED) is 0.303. The van der Waals surface area contributed by atoms with Gasteiger partial charge in [0.1, 0.15) is 11.8 Å². The third-order valence-electron chi connectivity index (χ3n) is 8.10. The summed E-state index contributed by atoms with van der Waals surface area (Å²) < 4.78 is 0. The molecule has 2 aliphatic rings. The number of para-hydroxylation sites is 1. The van der Waals surface area contributed by atoms with E-state index in [4.69, 9.17) is 5.73 Å². The lowest BCUT2D eigenvalue weighted by Gasteiger charge is -2.40. The van der Waals surface area contributed by atoms with Crippen LogP contribution in [0, 0.1) is 11.8 Å². The zero-order valence-electron chi connectivity index (χ0n) is 21.0. The molecule has 8 nitrogen and oxygen atoms in total. The molecule has 2 saturated carbocycles. The number of thiazole rings is 1. The normalized spacial score (nSPS) is 19.8. The predicted molar refractivity (Wildman–Crippen MR) is 143 cm³/mol. The van der Waals surface area contributed by atoms with Crippen molar-refractivity contribution in [3.8, 4) is 0 Å². The molecule has 2 aliphatic carbocycles. The molecule has 0 bridgehead atoms. The van der Waals surface area contributed by atoms with E-state index in [9.17, 15) is 19.8 Å². The van der Waals surface area contributed by atoms with Gasteiger partial charge in [-0.3, -0.25) is 9.59 Å². The first-order valence-electron chi connectivity index (χ1n) is 13.3. The molecule has 4 atom stereocenters. The Bertz CT molecular complexity index is 1170. The molecule has 0 spiro atoms. The van der Waals surface area contributed by atoms with Gasteiger partial charge in [0.2, 0.25) is 5.91 Å². The highest BCUT2D eigenvalue weighted by molar-refractivity contribution is 7.07. The van der Waals surface area contributed by atoms with E-state index in [1.807, 2.05) is 24.3 Å². The number of carbonyl (C=O) groups is 2. The number of nitrogens with two attached hydrogens (primary N) is 1. The second kappa shape index (κ2) is 11.3. The SMILES string of the molecule is NC(=O)C(CN(C(=O)c1cc2ccccc2[nH]1)[C@@H](CC1CCCCC1)[C@@H](O)[C@@H](O)C1CC1)c1cscn1. The summed E-state index contributed by atoms with van der Waals surface area (Å²) in [4.78, 5) is 35.9. The van der Waals surface area contributed by atoms with Crippen molar-refractivity contribution in [2.45, 2.75) is 75.5 Å². The number of H-pyrrole nitrogens is 1. The smallest absolute Gasteiger partial charge is 0.270 e. The fourth-order valence-corrected chi connectivity index (χ4v) is 6.40. The Morgan fingerprint density at radius 1 is 1.14 bits per heavy atom. The lowest BCUT2D eigenvalue weighted by Crippen LogP contribution is -2.54. The van der Waals surface area contributed by atoms with Gasteiger partial charge < -0.3 is 25.8 Å². The summed E-state index contributed by atoms with van der Waals surface area (Å²) in [5, 5.41) is 25.2. The first-order chi connectivity index (χ1) is 17.9. The van der Waals surface area contributed by atoms with Crippen LogP contribution in [0.25, 0.3) is 10.9 Å². The number of aromatic amines is 1. The van der Waals surface area contributed by atoms with Crippen molar-refractivity contribution in [1.82, 2.24) is 14.9 Å². The van der Waals surface area contributed by atoms with Gasteiger partial charge >= 0.3 is 0 Å². The largest absolute Gasteiger partial charge is 0.390 e. The Labute approximate surface area is 220 Å². The Morgan fingerprint density at radius 2 is 1.89 bits per heavy atom. The molecule has 9 heteroatoms. The van der Waals surface area contributed by atoms with E-state index >= 15 is 0 Å². The first kappa shape index (κ1) is 25.9. The van der Waals surface area contributed by atoms with Crippen LogP contribution in [0.15, 0.2) is 41.2 Å². The van der Waals surface area contributed by atoms with Gasteiger partial charge in [-0.15, -0.1) is 11.3 Å². The van der Waals surface area contributed by atoms with Crippen LogP contribution in [0.3, 0.4) is 0 Å². The van der Waals surface area contributed by atoms with Crippen molar-refractivity contribution < 1.29 is 19.8 Å². The highest BCUT2D eigenvalue weighted by Gasteiger charge is 2.43. The molecule has 1 aromatic carbocycles. The number of hydrogen-bond acceptors (Lipinski definition) is 6. The molecule has 2 heterocycles. The number of primary amides is 1. The van der Waals surface area contributed by atoms with E-state index in [0.29, 0.717) is 23.7 Å². The topological polar surface area (TPSA) is 133 Å². The van der Waals surface area contributed by atoms with Crippen molar-refractivity contribution in [2.24, 2.45) is 17.6 Å². The number of fused-ring (bicyclic) bond motifs is 1. The fourth-order valence-electron chi connectivity index (χ4n) is 5.79.